The molecule has 0 saturated carbocycles. The number of rotatable bonds is 3. The highest BCUT2D eigenvalue weighted by Gasteiger charge is 2.32. The zero-order valence-electron chi connectivity index (χ0n) is 14.4. The van der Waals surface area contributed by atoms with Gasteiger partial charge in [0.15, 0.2) is 0 Å². The molecule has 138 valence electrons. The highest BCUT2D eigenvalue weighted by molar-refractivity contribution is 6.05. The van der Waals surface area contributed by atoms with Crippen LogP contribution in [0.5, 0.6) is 0 Å². The Bertz CT molecular complexity index is 782. The Kier molecular flexibility index (Phi) is 5.15. The van der Waals surface area contributed by atoms with Gasteiger partial charge >= 0.3 is 6.18 Å². The fourth-order valence-corrected chi connectivity index (χ4v) is 3.02. The Morgan fingerprint density at radius 2 is 1.85 bits per heavy atom. The van der Waals surface area contributed by atoms with Gasteiger partial charge in [0, 0.05) is 25.0 Å². The van der Waals surface area contributed by atoms with Gasteiger partial charge in [-0.05, 0) is 56.5 Å². The first-order chi connectivity index (χ1) is 12.3. The SMILES string of the molecule is Cc1ccc(C(=O)Nc2cc(C(F)(F)F)ccc2N2CCCCC2)cn1. The number of nitrogens with one attached hydrogen (secondary N) is 1. The van der Waals surface area contributed by atoms with E-state index in [-0.39, 0.29) is 5.69 Å². The van der Waals surface area contributed by atoms with Gasteiger partial charge in [0.25, 0.3) is 5.91 Å². The van der Waals surface area contributed by atoms with Crippen molar-refractivity contribution < 1.29 is 18.0 Å². The number of carbonyl (C=O) groups excluding carboxylic acids is 1. The number of hydrogen-bond acceptors (Lipinski definition) is 3. The van der Waals surface area contributed by atoms with Gasteiger partial charge in [0.05, 0.1) is 22.5 Å². The Labute approximate surface area is 150 Å². The first kappa shape index (κ1) is 18.2. The second kappa shape index (κ2) is 7.35. The molecule has 0 radical (unpaired) electrons. The first-order valence-corrected chi connectivity index (χ1v) is 8.55. The summed E-state index contributed by atoms with van der Waals surface area (Å²) in [7, 11) is 0. The molecule has 1 fully saturated rings. The second-order valence-electron chi connectivity index (χ2n) is 6.42. The lowest BCUT2D eigenvalue weighted by atomic mass is 10.1. The molecule has 26 heavy (non-hydrogen) atoms. The zero-order chi connectivity index (χ0) is 18.7. The van der Waals surface area contributed by atoms with Gasteiger partial charge in [-0.2, -0.15) is 13.2 Å². The summed E-state index contributed by atoms with van der Waals surface area (Å²) in [5.41, 5.74) is 1.07. The van der Waals surface area contributed by atoms with E-state index in [4.69, 9.17) is 0 Å². The van der Waals surface area contributed by atoms with Gasteiger partial charge in [0.2, 0.25) is 0 Å². The van der Waals surface area contributed by atoms with Gasteiger partial charge in [-0.3, -0.25) is 9.78 Å². The van der Waals surface area contributed by atoms with Crippen LogP contribution in [-0.2, 0) is 6.18 Å². The van der Waals surface area contributed by atoms with Crippen LogP contribution in [0.2, 0.25) is 0 Å². The number of pyridine rings is 1. The molecule has 0 atom stereocenters. The van der Waals surface area contributed by atoms with Crippen molar-refractivity contribution >= 4 is 17.3 Å². The van der Waals surface area contributed by atoms with E-state index in [9.17, 15) is 18.0 Å². The fourth-order valence-electron chi connectivity index (χ4n) is 3.02. The van der Waals surface area contributed by atoms with E-state index in [1.54, 1.807) is 19.1 Å². The van der Waals surface area contributed by atoms with Gasteiger partial charge in [-0.15, -0.1) is 0 Å². The third kappa shape index (κ3) is 4.15. The normalized spacial score (nSPS) is 15.0. The third-order valence-electron chi connectivity index (χ3n) is 4.44. The molecule has 4 nitrogen and oxygen atoms in total. The summed E-state index contributed by atoms with van der Waals surface area (Å²) in [5.74, 6) is -0.477. The molecule has 0 aliphatic carbocycles. The summed E-state index contributed by atoms with van der Waals surface area (Å²) >= 11 is 0. The minimum absolute atomic E-state index is 0.173. The summed E-state index contributed by atoms with van der Waals surface area (Å²) < 4.78 is 39.3. The summed E-state index contributed by atoms with van der Waals surface area (Å²) in [6, 6.07) is 6.80. The zero-order valence-corrected chi connectivity index (χ0v) is 14.4. The van der Waals surface area contributed by atoms with Gasteiger partial charge < -0.3 is 10.2 Å². The van der Waals surface area contributed by atoms with Crippen molar-refractivity contribution in [2.24, 2.45) is 0 Å². The largest absolute Gasteiger partial charge is 0.416 e. The number of benzene rings is 1. The molecule has 1 N–H and O–H groups in total. The van der Waals surface area contributed by atoms with E-state index >= 15 is 0 Å². The molecular formula is C19H20F3N3O. The van der Waals surface area contributed by atoms with Crippen LogP contribution in [0.15, 0.2) is 36.5 Å². The molecule has 1 aromatic heterocycles. The molecule has 7 heteroatoms. The molecule has 0 unspecified atom stereocenters. The van der Waals surface area contributed by atoms with E-state index in [1.807, 2.05) is 4.90 Å². The molecule has 0 bridgehead atoms. The quantitative estimate of drug-likeness (QED) is 0.863. The molecule has 3 rings (SSSR count). The molecular weight excluding hydrogens is 343 g/mol. The van der Waals surface area contributed by atoms with E-state index in [0.29, 0.717) is 11.3 Å². The van der Waals surface area contributed by atoms with Crippen LogP contribution in [-0.4, -0.2) is 24.0 Å². The average molecular weight is 363 g/mol. The molecule has 1 saturated heterocycles. The molecule has 2 aromatic rings. The highest BCUT2D eigenvalue weighted by atomic mass is 19.4. The summed E-state index contributed by atoms with van der Waals surface area (Å²) in [4.78, 5) is 18.6. The number of carbonyl (C=O) groups is 1. The van der Waals surface area contributed by atoms with Crippen LogP contribution in [0.4, 0.5) is 24.5 Å². The maximum Gasteiger partial charge on any atom is 0.416 e. The molecule has 2 heterocycles. The van der Waals surface area contributed by atoms with Crippen molar-refractivity contribution in [1.82, 2.24) is 4.98 Å². The summed E-state index contributed by atoms with van der Waals surface area (Å²) in [6.45, 7) is 3.32. The van der Waals surface area contributed by atoms with E-state index in [0.717, 1.165) is 50.2 Å². The van der Waals surface area contributed by atoms with Crippen LogP contribution in [0, 0.1) is 6.92 Å². The van der Waals surface area contributed by atoms with Crippen molar-refractivity contribution in [3.05, 3.63) is 53.3 Å². The lowest BCUT2D eigenvalue weighted by molar-refractivity contribution is -0.137. The van der Waals surface area contributed by atoms with E-state index in [1.165, 1.54) is 12.3 Å². The first-order valence-electron chi connectivity index (χ1n) is 8.55. The number of alkyl halides is 3. The number of halogens is 3. The Morgan fingerprint density at radius 1 is 1.12 bits per heavy atom. The number of aromatic nitrogens is 1. The molecule has 1 amide bonds. The number of nitrogens with zero attached hydrogens (tertiary/aromatic N) is 2. The average Bonchev–Trinajstić information content (AvgIpc) is 2.62. The van der Waals surface area contributed by atoms with Gasteiger partial charge in [0.1, 0.15) is 0 Å². The van der Waals surface area contributed by atoms with Crippen molar-refractivity contribution in [2.45, 2.75) is 32.4 Å². The topological polar surface area (TPSA) is 45.2 Å². The second-order valence-corrected chi connectivity index (χ2v) is 6.42. The van der Waals surface area contributed by atoms with Crippen molar-refractivity contribution in [3.8, 4) is 0 Å². The highest BCUT2D eigenvalue weighted by Crippen LogP contribution is 2.36. The van der Waals surface area contributed by atoms with E-state index in [2.05, 4.69) is 10.3 Å². The predicted molar refractivity (Wildman–Crippen MR) is 94.4 cm³/mol. The fraction of sp³-hybridized carbons (Fsp3) is 0.368. The van der Waals surface area contributed by atoms with Crippen molar-refractivity contribution in [3.63, 3.8) is 0 Å². The third-order valence-corrected chi connectivity index (χ3v) is 4.44. The van der Waals surface area contributed by atoms with Crippen LogP contribution >= 0.6 is 0 Å². The summed E-state index contributed by atoms with van der Waals surface area (Å²) in [6.07, 6.45) is 0.0185. The van der Waals surface area contributed by atoms with Crippen LogP contribution in [0.25, 0.3) is 0 Å². The van der Waals surface area contributed by atoms with Gasteiger partial charge in [-0.1, -0.05) is 0 Å². The number of piperidine rings is 1. The number of anilines is 2. The van der Waals surface area contributed by atoms with Crippen LogP contribution < -0.4 is 10.2 Å². The van der Waals surface area contributed by atoms with Crippen LogP contribution in [0.1, 0.15) is 40.9 Å². The number of aryl methyl sites for hydroxylation is 1. The van der Waals surface area contributed by atoms with Gasteiger partial charge in [-0.25, -0.2) is 0 Å². The lowest BCUT2D eigenvalue weighted by Crippen LogP contribution is -2.30. The minimum Gasteiger partial charge on any atom is -0.370 e. The number of amides is 1. The predicted octanol–water partition coefficient (Wildman–Crippen LogP) is 4.65. The lowest BCUT2D eigenvalue weighted by Gasteiger charge is -2.31. The molecule has 1 aliphatic rings. The molecule has 1 aliphatic heterocycles. The Balaban J connectivity index is 1.93. The smallest absolute Gasteiger partial charge is 0.370 e. The molecule has 0 spiro atoms. The Hall–Kier alpha value is -2.57. The number of hydrogen-bond donors (Lipinski definition) is 1. The Morgan fingerprint density at radius 3 is 2.46 bits per heavy atom. The van der Waals surface area contributed by atoms with Crippen molar-refractivity contribution in [1.29, 1.82) is 0 Å². The maximum atomic E-state index is 13.1. The maximum absolute atomic E-state index is 13.1. The summed E-state index contributed by atoms with van der Waals surface area (Å²) in [5, 5.41) is 2.64. The van der Waals surface area contributed by atoms with E-state index < -0.39 is 17.6 Å². The minimum atomic E-state index is -4.47. The molecule has 1 aromatic carbocycles. The standard InChI is InChI=1S/C19H20F3N3O/c1-13-5-6-14(12-23-13)18(26)24-16-11-15(19(20,21)22)7-8-17(16)25-9-3-2-4-10-25/h5-8,11-12H,2-4,9-10H2,1H3,(H,24,26). The van der Waals surface area contributed by atoms with Crippen molar-refractivity contribution in [2.75, 3.05) is 23.3 Å². The van der Waals surface area contributed by atoms with Crippen LogP contribution in [0.3, 0.4) is 0 Å². The monoisotopic (exact) mass is 363 g/mol.